The highest BCUT2D eigenvalue weighted by Gasteiger charge is 2.13. The lowest BCUT2D eigenvalue weighted by molar-refractivity contribution is 0.736. The molecule has 3 rings (SSSR count). The van der Waals surface area contributed by atoms with E-state index in [0.29, 0.717) is 11.4 Å². The summed E-state index contributed by atoms with van der Waals surface area (Å²) in [6.07, 6.45) is 5.61. The van der Waals surface area contributed by atoms with Crippen molar-refractivity contribution in [2.75, 3.05) is 5.32 Å². The van der Waals surface area contributed by atoms with Crippen molar-refractivity contribution in [2.24, 2.45) is 5.18 Å². The Morgan fingerprint density at radius 2 is 2.21 bits per heavy atom. The predicted octanol–water partition coefficient (Wildman–Crippen LogP) is 5.48. The van der Waals surface area contributed by atoms with Gasteiger partial charge in [-0.05, 0) is 37.2 Å². The van der Waals surface area contributed by atoms with Crippen LogP contribution in [0.3, 0.4) is 0 Å². The van der Waals surface area contributed by atoms with Crippen molar-refractivity contribution in [1.29, 1.82) is 0 Å². The second kappa shape index (κ2) is 7.51. The minimum atomic E-state index is -0.509. The van der Waals surface area contributed by atoms with Gasteiger partial charge in [0.25, 0.3) is 0 Å². The molecule has 3 aromatic rings. The molecule has 0 aliphatic carbocycles. The highest BCUT2D eigenvalue weighted by Crippen LogP contribution is 2.29. The zero-order valence-electron chi connectivity index (χ0n) is 12.9. The summed E-state index contributed by atoms with van der Waals surface area (Å²) in [7, 11) is 0. The smallest absolute Gasteiger partial charge is 0.142 e. The first-order chi connectivity index (χ1) is 11.7. The van der Waals surface area contributed by atoms with Gasteiger partial charge in [0.05, 0.1) is 5.39 Å². The van der Waals surface area contributed by atoms with Crippen LogP contribution in [0, 0.1) is 11.8 Å². The molecule has 2 aromatic heterocycles. The van der Waals surface area contributed by atoms with Crippen LogP contribution in [0.2, 0.25) is 5.02 Å². The van der Waals surface area contributed by atoms with Crippen molar-refractivity contribution in [3.63, 3.8) is 0 Å². The number of halogens is 1. The Kier molecular flexibility index (Phi) is 5.17. The van der Waals surface area contributed by atoms with Crippen LogP contribution >= 0.6 is 22.9 Å². The fourth-order valence-corrected chi connectivity index (χ4v) is 3.51. The Morgan fingerprint density at radius 3 is 3.00 bits per heavy atom. The normalized spacial score (nSPS) is 12.6. The molecule has 0 saturated carbocycles. The molecule has 0 saturated heterocycles. The van der Waals surface area contributed by atoms with Crippen molar-refractivity contribution in [3.05, 3.63) is 69.3 Å². The van der Waals surface area contributed by atoms with E-state index in [1.807, 2.05) is 31.2 Å². The number of fused-ring (bicyclic) bond motifs is 1. The molecule has 1 unspecified atom stereocenters. The minimum absolute atomic E-state index is 0.455. The third kappa shape index (κ3) is 3.60. The van der Waals surface area contributed by atoms with E-state index in [9.17, 15) is 4.91 Å². The van der Waals surface area contributed by atoms with Crippen molar-refractivity contribution >= 4 is 39.0 Å². The molecule has 122 valence electrons. The number of hydrogen-bond donors (Lipinski definition) is 1. The molecule has 7 heteroatoms. The zero-order chi connectivity index (χ0) is 16.9. The van der Waals surface area contributed by atoms with Crippen molar-refractivity contribution in [1.82, 2.24) is 9.97 Å². The molecule has 0 aliphatic rings. The van der Waals surface area contributed by atoms with Gasteiger partial charge >= 0.3 is 0 Å². The van der Waals surface area contributed by atoms with Crippen LogP contribution in [0.1, 0.15) is 22.9 Å². The van der Waals surface area contributed by atoms with Crippen molar-refractivity contribution in [2.45, 2.75) is 19.4 Å². The SMILES string of the molecule is Cc1cc2c(N/C=C\CC(N=O)c3ccccc3Cl)ncnc2s1. The van der Waals surface area contributed by atoms with Gasteiger partial charge in [0.1, 0.15) is 23.0 Å². The molecule has 0 bridgehead atoms. The molecule has 1 N–H and O–H groups in total. The first-order valence-electron chi connectivity index (χ1n) is 7.38. The Hall–Kier alpha value is -2.31. The van der Waals surface area contributed by atoms with Crippen LogP contribution in [0.25, 0.3) is 10.2 Å². The molecule has 24 heavy (non-hydrogen) atoms. The Morgan fingerprint density at radius 1 is 1.38 bits per heavy atom. The van der Waals surface area contributed by atoms with Gasteiger partial charge in [0.15, 0.2) is 0 Å². The fourth-order valence-electron chi connectivity index (χ4n) is 2.40. The third-order valence-corrected chi connectivity index (χ3v) is 4.84. The highest BCUT2D eigenvalue weighted by molar-refractivity contribution is 7.18. The van der Waals surface area contributed by atoms with Gasteiger partial charge < -0.3 is 5.32 Å². The number of thiophene rings is 1. The quantitative estimate of drug-likeness (QED) is 0.593. The number of nitrogens with one attached hydrogen (secondary N) is 1. The summed E-state index contributed by atoms with van der Waals surface area (Å²) < 4.78 is 0. The van der Waals surface area contributed by atoms with Crippen LogP contribution in [0.4, 0.5) is 5.82 Å². The predicted molar refractivity (Wildman–Crippen MR) is 99.5 cm³/mol. The summed E-state index contributed by atoms with van der Waals surface area (Å²) in [6.45, 7) is 2.04. The minimum Gasteiger partial charge on any atom is -0.346 e. The second-order valence-electron chi connectivity index (χ2n) is 5.22. The van der Waals surface area contributed by atoms with Gasteiger partial charge in [0, 0.05) is 9.90 Å². The first-order valence-corrected chi connectivity index (χ1v) is 8.58. The molecule has 2 heterocycles. The maximum absolute atomic E-state index is 11.1. The van der Waals surface area contributed by atoms with E-state index in [4.69, 9.17) is 11.6 Å². The number of hydrogen-bond acceptors (Lipinski definition) is 6. The van der Waals surface area contributed by atoms with Gasteiger partial charge in [-0.3, -0.25) is 0 Å². The molecule has 0 amide bonds. The largest absolute Gasteiger partial charge is 0.346 e. The Labute approximate surface area is 148 Å². The summed E-state index contributed by atoms with van der Waals surface area (Å²) >= 11 is 7.75. The second-order valence-corrected chi connectivity index (χ2v) is 6.87. The van der Waals surface area contributed by atoms with E-state index < -0.39 is 6.04 Å². The van der Waals surface area contributed by atoms with Crippen LogP contribution in [0.15, 0.2) is 54.1 Å². The Balaban J connectivity index is 1.69. The molecule has 0 radical (unpaired) electrons. The third-order valence-electron chi connectivity index (χ3n) is 3.54. The number of rotatable bonds is 6. The maximum atomic E-state index is 11.1. The molecular weight excluding hydrogens is 344 g/mol. The molecule has 1 aromatic carbocycles. The number of nitroso groups, excluding NO2 is 1. The fraction of sp³-hybridized carbons (Fsp3) is 0.176. The van der Waals surface area contributed by atoms with Crippen LogP contribution in [-0.4, -0.2) is 9.97 Å². The molecule has 0 spiro atoms. The van der Waals surface area contributed by atoms with E-state index in [1.54, 1.807) is 23.6 Å². The lowest BCUT2D eigenvalue weighted by Gasteiger charge is -2.08. The average molecular weight is 359 g/mol. The van der Waals surface area contributed by atoms with Gasteiger partial charge in [-0.1, -0.05) is 41.1 Å². The molecule has 0 fully saturated rings. The summed E-state index contributed by atoms with van der Waals surface area (Å²) in [5.41, 5.74) is 0.733. The number of aryl methyl sites for hydroxylation is 1. The lowest BCUT2D eigenvalue weighted by atomic mass is 10.0. The molecular formula is C17H15ClN4OS. The molecule has 5 nitrogen and oxygen atoms in total. The van der Waals surface area contributed by atoms with Gasteiger partial charge in [-0.15, -0.1) is 11.3 Å². The Bertz CT molecular complexity index is 893. The van der Waals surface area contributed by atoms with Gasteiger partial charge in [-0.2, -0.15) is 4.91 Å². The van der Waals surface area contributed by atoms with E-state index in [0.717, 1.165) is 21.6 Å². The molecule has 1 atom stereocenters. The average Bonchev–Trinajstić information content (AvgIpc) is 2.97. The zero-order valence-corrected chi connectivity index (χ0v) is 14.5. The lowest BCUT2D eigenvalue weighted by Crippen LogP contribution is -1.96. The van der Waals surface area contributed by atoms with Gasteiger partial charge in [0.2, 0.25) is 0 Å². The van der Waals surface area contributed by atoms with E-state index in [2.05, 4.69) is 26.5 Å². The number of nitrogens with zero attached hydrogens (tertiary/aromatic N) is 3. The van der Waals surface area contributed by atoms with Gasteiger partial charge in [-0.25, -0.2) is 9.97 Å². The number of anilines is 1. The summed E-state index contributed by atoms with van der Waals surface area (Å²) in [5.74, 6) is 0.744. The summed E-state index contributed by atoms with van der Waals surface area (Å²) in [5, 5.41) is 7.86. The van der Waals surface area contributed by atoms with Crippen LogP contribution in [0.5, 0.6) is 0 Å². The standard InChI is InChI=1S/C17H15ClN4OS/c1-11-9-13-16(20-10-21-17(13)24-11)19-8-4-7-15(22-23)12-5-2-3-6-14(12)18/h2-6,8-10,15H,7H2,1H3,(H,19,20,21)/b8-4-. The van der Waals surface area contributed by atoms with E-state index in [-0.39, 0.29) is 0 Å². The van der Waals surface area contributed by atoms with Crippen LogP contribution in [-0.2, 0) is 0 Å². The topological polar surface area (TPSA) is 67.2 Å². The maximum Gasteiger partial charge on any atom is 0.142 e. The van der Waals surface area contributed by atoms with Crippen molar-refractivity contribution < 1.29 is 0 Å². The van der Waals surface area contributed by atoms with E-state index >= 15 is 0 Å². The van der Waals surface area contributed by atoms with E-state index in [1.165, 1.54) is 11.2 Å². The number of aromatic nitrogens is 2. The number of benzene rings is 1. The first kappa shape index (κ1) is 16.5. The molecule has 0 aliphatic heterocycles. The summed E-state index contributed by atoms with van der Waals surface area (Å²) in [4.78, 5) is 21.8. The highest BCUT2D eigenvalue weighted by atomic mass is 35.5. The summed E-state index contributed by atoms with van der Waals surface area (Å²) in [6, 6.07) is 8.79. The van der Waals surface area contributed by atoms with Crippen LogP contribution < -0.4 is 5.32 Å². The van der Waals surface area contributed by atoms with Crippen molar-refractivity contribution in [3.8, 4) is 0 Å². The monoisotopic (exact) mass is 358 g/mol.